The second kappa shape index (κ2) is 6.82. The fourth-order valence-corrected chi connectivity index (χ4v) is 4.24. The molecule has 0 aliphatic heterocycles. The number of hydrogen-bond acceptors (Lipinski definition) is 4. The van der Waals surface area contributed by atoms with Crippen molar-refractivity contribution in [3.05, 3.63) is 43.2 Å². The Morgan fingerprint density at radius 2 is 2.28 bits per heavy atom. The molecule has 2 rings (SSSR count). The third-order valence-electron chi connectivity index (χ3n) is 2.96. The molecule has 0 bridgehead atoms. The Balaban J connectivity index is 1.95. The molecule has 0 amide bonds. The highest BCUT2D eigenvalue weighted by Gasteiger charge is 2.17. The van der Waals surface area contributed by atoms with E-state index in [4.69, 9.17) is 5.73 Å². The minimum absolute atomic E-state index is 0.321. The summed E-state index contributed by atoms with van der Waals surface area (Å²) in [5, 5.41) is 4.25. The van der Waals surface area contributed by atoms with E-state index >= 15 is 0 Å². The number of nitrogens with zero attached hydrogens (tertiary/aromatic N) is 1. The molecule has 1 unspecified atom stereocenters. The van der Waals surface area contributed by atoms with Crippen LogP contribution in [0.1, 0.15) is 15.8 Å². The molecule has 18 heavy (non-hydrogen) atoms. The first-order chi connectivity index (χ1) is 8.70. The lowest BCUT2D eigenvalue weighted by Crippen LogP contribution is -2.31. The van der Waals surface area contributed by atoms with Crippen LogP contribution >= 0.6 is 38.6 Å². The van der Waals surface area contributed by atoms with E-state index in [1.165, 1.54) is 9.75 Å². The average Bonchev–Trinajstić information content (AvgIpc) is 2.99. The summed E-state index contributed by atoms with van der Waals surface area (Å²) in [6.07, 6.45) is 1.09. The third kappa shape index (κ3) is 3.65. The van der Waals surface area contributed by atoms with Crippen molar-refractivity contribution in [1.29, 1.82) is 0 Å². The number of rotatable bonds is 6. The SMILES string of the molecule is CN(CCc1cccs1)C(CN)c1cc(Br)cs1. The molecule has 2 aromatic rings. The zero-order valence-electron chi connectivity index (χ0n) is 10.3. The van der Waals surface area contributed by atoms with Crippen molar-refractivity contribution < 1.29 is 0 Å². The van der Waals surface area contributed by atoms with E-state index in [0.29, 0.717) is 12.6 Å². The van der Waals surface area contributed by atoms with Crippen LogP contribution in [0.25, 0.3) is 0 Å². The van der Waals surface area contributed by atoms with Crippen LogP contribution in [-0.2, 0) is 6.42 Å². The van der Waals surface area contributed by atoms with Gasteiger partial charge in [0.05, 0.1) is 6.04 Å². The van der Waals surface area contributed by atoms with Crippen LogP contribution in [0.4, 0.5) is 0 Å². The molecule has 0 fully saturated rings. The Labute approximate surface area is 125 Å². The predicted octanol–water partition coefficient (Wildman–Crippen LogP) is 3.75. The van der Waals surface area contributed by atoms with Gasteiger partial charge in [-0.1, -0.05) is 6.07 Å². The van der Waals surface area contributed by atoms with Crippen molar-refractivity contribution in [3.8, 4) is 0 Å². The minimum atomic E-state index is 0.321. The molecule has 2 nitrogen and oxygen atoms in total. The average molecular weight is 345 g/mol. The second-order valence-corrected chi connectivity index (χ2v) is 7.12. The fourth-order valence-electron chi connectivity index (χ4n) is 1.91. The van der Waals surface area contributed by atoms with Gasteiger partial charge in [0, 0.05) is 32.7 Å². The molecule has 98 valence electrons. The second-order valence-electron chi connectivity index (χ2n) is 4.23. The first-order valence-corrected chi connectivity index (χ1v) is 8.42. The van der Waals surface area contributed by atoms with Gasteiger partial charge in [-0.2, -0.15) is 0 Å². The summed E-state index contributed by atoms with van der Waals surface area (Å²) >= 11 is 7.09. The van der Waals surface area contributed by atoms with Crippen molar-refractivity contribution in [2.75, 3.05) is 20.1 Å². The van der Waals surface area contributed by atoms with Crippen LogP contribution in [0.15, 0.2) is 33.4 Å². The molecule has 0 saturated heterocycles. The van der Waals surface area contributed by atoms with E-state index in [9.17, 15) is 0 Å². The molecule has 0 aromatic carbocycles. The lowest BCUT2D eigenvalue weighted by atomic mass is 10.2. The maximum absolute atomic E-state index is 5.92. The molecule has 0 aliphatic carbocycles. The van der Waals surface area contributed by atoms with Gasteiger partial charge in [-0.25, -0.2) is 0 Å². The summed E-state index contributed by atoms with van der Waals surface area (Å²) in [6.45, 7) is 1.70. The first-order valence-electron chi connectivity index (χ1n) is 5.87. The van der Waals surface area contributed by atoms with Gasteiger partial charge in [0.15, 0.2) is 0 Å². The van der Waals surface area contributed by atoms with Gasteiger partial charge < -0.3 is 5.73 Å². The van der Waals surface area contributed by atoms with Gasteiger partial charge in [-0.05, 0) is 46.9 Å². The Bertz CT molecular complexity index is 467. The van der Waals surface area contributed by atoms with Crippen LogP contribution in [0.3, 0.4) is 0 Å². The molecule has 0 radical (unpaired) electrons. The maximum Gasteiger partial charge on any atom is 0.0562 e. The molecule has 2 heterocycles. The van der Waals surface area contributed by atoms with Crippen LogP contribution in [0, 0.1) is 0 Å². The lowest BCUT2D eigenvalue weighted by Gasteiger charge is -2.25. The number of thiophene rings is 2. The summed E-state index contributed by atoms with van der Waals surface area (Å²) in [6, 6.07) is 6.79. The van der Waals surface area contributed by atoms with Crippen molar-refractivity contribution >= 4 is 38.6 Å². The molecule has 0 aliphatic rings. The number of nitrogens with two attached hydrogens (primary N) is 1. The van der Waals surface area contributed by atoms with Crippen molar-refractivity contribution in [2.45, 2.75) is 12.5 Å². The number of halogens is 1. The molecule has 5 heteroatoms. The molecule has 0 saturated carbocycles. The Kier molecular flexibility index (Phi) is 5.38. The molecular formula is C13H17BrN2S2. The van der Waals surface area contributed by atoms with Gasteiger partial charge in [0.25, 0.3) is 0 Å². The summed E-state index contributed by atoms with van der Waals surface area (Å²) < 4.78 is 1.15. The summed E-state index contributed by atoms with van der Waals surface area (Å²) in [4.78, 5) is 5.11. The summed E-state index contributed by atoms with van der Waals surface area (Å²) in [5.41, 5.74) is 5.92. The molecule has 0 spiro atoms. The highest BCUT2D eigenvalue weighted by Crippen LogP contribution is 2.28. The van der Waals surface area contributed by atoms with Crippen LogP contribution in [-0.4, -0.2) is 25.0 Å². The van der Waals surface area contributed by atoms with Gasteiger partial charge in [-0.3, -0.25) is 4.90 Å². The molecule has 2 aromatic heterocycles. The highest BCUT2D eigenvalue weighted by molar-refractivity contribution is 9.10. The van der Waals surface area contributed by atoms with E-state index in [1.807, 2.05) is 11.3 Å². The van der Waals surface area contributed by atoms with E-state index < -0.39 is 0 Å². The normalized spacial score (nSPS) is 13.1. The minimum Gasteiger partial charge on any atom is -0.329 e. The monoisotopic (exact) mass is 344 g/mol. The van der Waals surface area contributed by atoms with E-state index in [2.05, 4.69) is 56.8 Å². The Morgan fingerprint density at radius 1 is 1.44 bits per heavy atom. The van der Waals surface area contributed by atoms with E-state index in [1.54, 1.807) is 11.3 Å². The standard InChI is InChI=1S/C13H17BrN2S2/c1-16(5-4-11-3-2-6-17-11)12(8-15)13-7-10(14)9-18-13/h2-3,6-7,9,12H,4-5,8,15H2,1H3. The van der Waals surface area contributed by atoms with Crippen LogP contribution in [0.2, 0.25) is 0 Å². The smallest absolute Gasteiger partial charge is 0.0562 e. The van der Waals surface area contributed by atoms with Gasteiger partial charge >= 0.3 is 0 Å². The number of likely N-dealkylation sites (N-methyl/N-ethyl adjacent to an activating group) is 1. The first kappa shape index (κ1) is 14.2. The van der Waals surface area contributed by atoms with Crippen molar-refractivity contribution in [2.24, 2.45) is 5.73 Å². The topological polar surface area (TPSA) is 29.3 Å². The predicted molar refractivity (Wildman–Crippen MR) is 84.5 cm³/mol. The lowest BCUT2D eigenvalue weighted by molar-refractivity contribution is 0.257. The van der Waals surface area contributed by atoms with E-state index in [0.717, 1.165) is 17.4 Å². The van der Waals surface area contributed by atoms with Crippen LogP contribution in [0.5, 0.6) is 0 Å². The molecule has 1 atom stereocenters. The Morgan fingerprint density at radius 3 is 2.83 bits per heavy atom. The molecule has 2 N–H and O–H groups in total. The van der Waals surface area contributed by atoms with Crippen molar-refractivity contribution in [1.82, 2.24) is 4.90 Å². The Hall–Kier alpha value is -0.200. The van der Waals surface area contributed by atoms with Crippen molar-refractivity contribution in [3.63, 3.8) is 0 Å². The van der Waals surface area contributed by atoms with Gasteiger partial charge in [-0.15, -0.1) is 22.7 Å². The number of hydrogen-bond donors (Lipinski definition) is 1. The molecular weight excluding hydrogens is 328 g/mol. The highest BCUT2D eigenvalue weighted by atomic mass is 79.9. The van der Waals surface area contributed by atoms with Gasteiger partial charge in [0.2, 0.25) is 0 Å². The van der Waals surface area contributed by atoms with Crippen LogP contribution < -0.4 is 5.73 Å². The summed E-state index contributed by atoms with van der Waals surface area (Å²) in [7, 11) is 2.15. The fraction of sp³-hybridized carbons (Fsp3) is 0.385. The zero-order chi connectivity index (χ0) is 13.0. The third-order valence-corrected chi connectivity index (χ3v) is 5.69. The largest absolute Gasteiger partial charge is 0.329 e. The van der Waals surface area contributed by atoms with E-state index in [-0.39, 0.29) is 0 Å². The zero-order valence-corrected chi connectivity index (χ0v) is 13.5. The summed E-state index contributed by atoms with van der Waals surface area (Å²) in [5.74, 6) is 0. The quantitative estimate of drug-likeness (QED) is 0.864. The maximum atomic E-state index is 5.92. The van der Waals surface area contributed by atoms with Gasteiger partial charge in [0.1, 0.15) is 0 Å².